The van der Waals surface area contributed by atoms with Crippen LogP contribution in [0.3, 0.4) is 0 Å². The van der Waals surface area contributed by atoms with Crippen molar-refractivity contribution >= 4 is 0 Å². The summed E-state index contributed by atoms with van der Waals surface area (Å²) < 4.78 is 8.00. The molecule has 0 aromatic heterocycles. The first-order valence-electron chi connectivity index (χ1n) is 8.05. The highest BCUT2D eigenvalue weighted by molar-refractivity contribution is 4.39. The van der Waals surface area contributed by atoms with Crippen molar-refractivity contribution in [2.24, 2.45) is 0 Å². The Kier molecular flexibility index (Phi) is 18.4. The van der Waals surface area contributed by atoms with Gasteiger partial charge in [0.2, 0.25) is 0 Å². The van der Waals surface area contributed by atoms with E-state index in [9.17, 15) is 0 Å². The normalized spacial score (nSPS) is 11.7. The van der Waals surface area contributed by atoms with Gasteiger partial charge in [-0.15, -0.1) is 0 Å². The highest BCUT2D eigenvalue weighted by Crippen LogP contribution is 2.03. The number of likely N-dealkylation sites (N-methyl/N-ethyl adjacent to an activating group) is 2. The number of nitrogens with zero attached hydrogens (tertiary/aromatic N) is 2. The van der Waals surface area contributed by atoms with Crippen LogP contribution in [0.15, 0.2) is 0 Å². The summed E-state index contributed by atoms with van der Waals surface area (Å²) in [6.07, 6.45) is 5.19. The van der Waals surface area contributed by atoms with Crippen LogP contribution in [0.5, 0.6) is 0 Å². The van der Waals surface area contributed by atoms with Gasteiger partial charge in [0, 0.05) is 0 Å². The van der Waals surface area contributed by atoms with E-state index < -0.39 is 0 Å². The molecular weight excluding hydrogens is 396 g/mol. The Bertz CT molecular complexity index is 202. The van der Waals surface area contributed by atoms with Crippen molar-refractivity contribution in [1.29, 1.82) is 0 Å². The van der Waals surface area contributed by atoms with Crippen molar-refractivity contribution in [3.05, 3.63) is 0 Å². The lowest BCUT2D eigenvalue weighted by Gasteiger charge is -2.31. The maximum absolute atomic E-state index is 5.83. The molecule has 21 heavy (non-hydrogen) atoms. The Labute approximate surface area is 154 Å². The molecule has 0 amide bonds. The summed E-state index contributed by atoms with van der Waals surface area (Å²) in [5, 5.41) is 0. The molecule has 0 aliphatic rings. The smallest absolute Gasteiger partial charge is 0.102 e. The van der Waals surface area contributed by atoms with Gasteiger partial charge in [0.15, 0.2) is 0 Å². The first kappa shape index (κ1) is 26.7. The maximum atomic E-state index is 5.83. The Morgan fingerprint density at radius 1 is 0.619 bits per heavy atom. The fourth-order valence-electron chi connectivity index (χ4n) is 2.12. The monoisotopic (exact) mass is 432 g/mol. The van der Waals surface area contributed by atoms with E-state index in [4.69, 9.17) is 4.74 Å². The summed E-state index contributed by atoms with van der Waals surface area (Å²) in [5.74, 6) is 0. The van der Waals surface area contributed by atoms with Crippen molar-refractivity contribution in [3.8, 4) is 0 Å². The molecule has 3 nitrogen and oxygen atoms in total. The molecule has 0 aliphatic heterocycles. The van der Waals surface area contributed by atoms with Gasteiger partial charge in [-0.3, -0.25) is 0 Å². The minimum Gasteiger partial charge on any atom is -1.00 e. The molecule has 0 bridgehead atoms. The largest absolute Gasteiger partial charge is 1.00 e. The molecule has 0 aliphatic carbocycles. The molecule has 0 heterocycles. The van der Waals surface area contributed by atoms with Gasteiger partial charge in [-0.1, -0.05) is 26.7 Å². The number of rotatable bonds is 12. The van der Waals surface area contributed by atoms with Gasteiger partial charge in [0.25, 0.3) is 0 Å². The van der Waals surface area contributed by atoms with Crippen LogP contribution in [0.4, 0.5) is 0 Å². The molecular formula is C16H38Br2N2O. The number of ether oxygens (including phenoxy) is 1. The minimum atomic E-state index is 0. The second kappa shape index (κ2) is 14.4. The average molecular weight is 434 g/mol. The SMILES string of the molecule is CCCC[N+](C)(C)CCOCC[N+](C)(C)CCCC.[Br-].[Br-]. The van der Waals surface area contributed by atoms with Gasteiger partial charge >= 0.3 is 0 Å². The molecule has 0 saturated heterocycles. The van der Waals surface area contributed by atoms with Crippen LogP contribution in [-0.4, -0.2) is 76.5 Å². The Hall–Kier alpha value is 0.840. The lowest BCUT2D eigenvalue weighted by molar-refractivity contribution is -0.894. The van der Waals surface area contributed by atoms with Crippen molar-refractivity contribution in [2.75, 3.05) is 67.6 Å². The molecule has 0 aromatic carbocycles. The number of halogens is 2. The highest BCUT2D eigenvalue weighted by Gasteiger charge is 2.16. The summed E-state index contributed by atoms with van der Waals surface area (Å²) in [7, 11) is 9.22. The van der Waals surface area contributed by atoms with Crippen LogP contribution >= 0.6 is 0 Å². The third kappa shape index (κ3) is 17.0. The zero-order chi connectivity index (χ0) is 14.8. The molecule has 0 unspecified atom stereocenters. The highest BCUT2D eigenvalue weighted by atomic mass is 79.9. The standard InChI is InChI=1S/C16H38N2O.2BrH/c1-7-9-11-17(3,4)13-15-19-16-14-18(5,6)12-10-8-2;;/h7-16H2,1-6H3;2*1H/q+2;;/p-2. The zero-order valence-electron chi connectivity index (χ0n) is 15.1. The first-order valence-corrected chi connectivity index (χ1v) is 8.05. The third-order valence-electron chi connectivity index (χ3n) is 3.92. The number of hydrogen-bond donors (Lipinski definition) is 0. The molecule has 0 rings (SSSR count). The molecule has 132 valence electrons. The van der Waals surface area contributed by atoms with E-state index in [1.165, 1.54) is 38.8 Å². The topological polar surface area (TPSA) is 9.23 Å². The summed E-state index contributed by atoms with van der Waals surface area (Å²) in [5.41, 5.74) is 0. The summed E-state index contributed by atoms with van der Waals surface area (Å²) in [6, 6.07) is 0. The van der Waals surface area contributed by atoms with Gasteiger partial charge in [-0.25, -0.2) is 0 Å². The third-order valence-corrected chi connectivity index (χ3v) is 3.92. The maximum Gasteiger partial charge on any atom is 0.102 e. The lowest BCUT2D eigenvalue weighted by atomic mass is 10.3. The molecule has 0 atom stereocenters. The number of unbranched alkanes of at least 4 members (excludes halogenated alkanes) is 2. The summed E-state index contributed by atoms with van der Waals surface area (Å²) >= 11 is 0. The van der Waals surface area contributed by atoms with E-state index in [0.29, 0.717) is 0 Å². The van der Waals surface area contributed by atoms with E-state index in [1.807, 2.05) is 0 Å². The fourth-order valence-corrected chi connectivity index (χ4v) is 2.12. The van der Waals surface area contributed by atoms with Crippen LogP contribution in [0.25, 0.3) is 0 Å². The number of hydrogen-bond acceptors (Lipinski definition) is 1. The zero-order valence-corrected chi connectivity index (χ0v) is 18.3. The van der Waals surface area contributed by atoms with E-state index in [2.05, 4.69) is 42.0 Å². The fraction of sp³-hybridized carbons (Fsp3) is 1.00. The lowest BCUT2D eigenvalue weighted by Crippen LogP contribution is -3.00. The van der Waals surface area contributed by atoms with Crippen LogP contribution in [-0.2, 0) is 4.74 Å². The van der Waals surface area contributed by atoms with E-state index in [1.54, 1.807) is 0 Å². The molecule has 5 heteroatoms. The Morgan fingerprint density at radius 3 is 1.24 bits per heavy atom. The van der Waals surface area contributed by atoms with E-state index in [0.717, 1.165) is 35.3 Å². The van der Waals surface area contributed by atoms with Gasteiger partial charge in [-0.2, -0.15) is 0 Å². The second-order valence-electron chi connectivity index (χ2n) is 7.09. The summed E-state index contributed by atoms with van der Waals surface area (Å²) in [6.45, 7) is 11.1. The van der Waals surface area contributed by atoms with Crippen molar-refractivity contribution in [2.45, 2.75) is 39.5 Å². The predicted molar refractivity (Wildman–Crippen MR) is 84.3 cm³/mol. The molecule has 0 radical (unpaired) electrons. The second-order valence-corrected chi connectivity index (χ2v) is 7.09. The molecule has 0 spiro atoms. The number of quaternary nitrogens is 2. The molecule has 0 fully saturated rings. The van der Waals surface area contributed by atoms with Gasteiger partial charge < -0.3 is 47.7 Å². The van der Waals surface area contributed by atoms with Crippen LogP contribution in [0.2, 0.25) is 0 Å². The van der Waals surface area contributed by atoms with Gasteiger partial charge in [0.1, 0.15) is 13.1 Å². The van der Waals surface area contributed by atoms with Crippen LogP contribution < -0.4 is 34.0 Å². The molecule has 0 aromatic rings. The minimum absolute atomic E-state index is 0. The van der Waals surface area contributed by atoms with E-state index >= 15 is 0 Å². The van der Waals surface area contributed by atoms with E-state index in [-0.39, 0.29) is 34.0 Å². The van der Waals surface area contributed by atoms with Crippen molar-refractivity contribution in [1.82, 2.24) is 0 Å². The quantitative estimate of drug-likeness (QED) is 0.232. The average Bonchev–Trinajstić information content (AvgIpc) is 2.33. The predicted octanol–water partition coefficient (Wildman–Crippen LogP) is -3.24. The van der Waals surface area contributed by atoms with Gasteiger partial charge in [-0.05, 0) is 12.8 Å². The van der Waals surface area contributed by atoms with Crippen molar-refractivity contribution < 1.29 is 47.7 Å². The molecule has 0 N–H and O–H groups in total. The molecule has 0 saturated carbocycles. The Morgan fingerprint density at radius 2 is 0.952 bits per heavy atom. The summed E-state index contributed by atoms with van der Waals surface area (Å²) in [4.78, 5) is 0. The van der Waals surface area contributed by atoms with Crippen molar-refractivity contribution in [3.63, 3.8) is 0 Å². The first-order chi connectivity index (χ1) is 8.83. The van der Waals surface area contributed by atoms with Gasteiger partial charge in [0.05, 0.1) is 54.5 Å². The van der Waals surface area contributed by atoms with Crippen LogP contribution in [0.1, 0.15) is 39.5 Å². The van der Waals surface area contributed by atoms with Crippen LogP contribution in [0, 0.1) is 0 Å². The Balaban J connectivity index is -0.00000162.